The minimum Gasteiger partial charge on any atom is -0.321 e. The van der Waals surface area contributed by atoms with Crippen molar-refractivity contribution >= 4 is 75.6 Å². The molecule has 51 heavy (non-hydrogen) atoms. The number of nitrogens with zero attached hydrogens (tertiary/aromatic N) is 3. The molecule has 0 saturated heterocycles. The van der Waals surface area contributed by atoms with Crippen molar-refractivity contribution < 1.29 is 50.4 Å². The topological polar surface area (TPSA) is 207 Å². The highest BCUT2D eigenvalue weighted by Crippen LogP contribution is 2.39. The van der Waals surface area contributed by atoms with Crippen molar-refractivity contribution in [1.82, 2.24) is 0 Å². The molecular formula is C30H21F6N7O6S2. The Bertz CT molecular complexity index is 1900. The lowest BCUT2D eigenvalue weighted by Crippen LogP contribution is -2.31. The Balaban J connectivity index is 2.10. The zero-order valence-corrected chi connectivity index (χ0v) is 27.0. The largest absolute Gasteiger partial charge is 0.471 e. The Hall–Kier alpha value is -5.80. The molecule has 266 valence electrons. The highest BCUT2D eigenvalue weighted by atomic mass is 32.2. The van der Waals surface area contributed by atoms with Crippen LogP contribution in [0.4, 0.5) is 54.8 Å². The predicted octanol–water partition coefficient (Wildman–Crippen LogP) is 7.11. The van der Waals surface area contributed by atoms with Gasteiger partial charge in [0.1, 0.15) is 5.56 Å². The van der Waals surface area contributed by atoms with Crippen molar-refractivity contribution in [3.63, 3.8) is 0 Å². The second kappa shape index (κ2) is 17.2. The predicted molar refractivity (Wildman–Crippen MR) is 173 cm³/mol. The van der Waals surface area contributed by atoms with Gasteiger partial charge < -0.3 is 21.3 Å². The van der Waals surface area contributed by atoms with Gasteiger partial charge in [0.05, 0.1) is 28.4 Å². The molecule has 0 fully saturated rings. The van der Waals surface area contributed by atoms with E-state index in [1.807, 2.05) is 12.1 Å². The van der Waals surface area contributed by atoms with Crippen molar-refractivity contribution in [2.75, 3.05) is 32.8 Å². The fourth-order valence-corrected chi connectivity index (χ4v) is 5.68. The number of nitriles is 2. The van der Waals surface area contributed by atoms with Crippen LogP contribution in [0.15, 0.2) is 64.4 Å². The van der Waals surface area contributed by atoms with Gasteiger partial charge in [-0.05, 0) is 36.4 Å². The molecule has 0 aliphatic heterocycles. The minimum absolute atomic E-state index is 0.00214. The summed E-state index contributed by atoms with van der Waals surface area (Å²) in [6, 6.07) is 13.6. The molecule has 4 N–H and O–H groups in total. The number of hydrogen-bond donors (Lipinski definition) is 4. The third kappa shape index (κ3) is 11.4. The maximum absolute atomic E-state index is 13.5. The molecule has 0 saturated carbocycles. The lowest BCUT2D eigenvalue weighted by molar-refractivity contribution is -0.385. The molecule has 21 heteroatoms. The number of nitro benzene ring substituents is 1. The van der Waals surface area contributed by atoms with Crippen LogP contribution in [0.1, 0.15) is 33.6 Å². The summed E-state index contributed by atoms with van der Waals surface area (Å²) in [4.78, 5) is 60.9. The van der Waals surface area contributed by atoms with E-state index in [0.29, 0.717) is 18.2 Å². The SMILES string of the molecule is N#CCCSc1cc(NC(=O)c2ccccc2[N+](=O)[O-])c(SCCC#N)cc1NC(=O)c1cc(NC(=O)C(F)(F)F)cc(NC(=O)C(F)(F)F)c1. The number of para-hydroxylation sites is 1. The summed E-state index contributed by atoms with van der Waals surface area (Å²) in [7, 11) is 0. The van der Waals surface area contributed by atoms with Gasteiger partial charge >= 0.3 is 24.2 Å². The number of rotatable bonds is 13. The Morgan fingerprint density at radius 2 is 1.16 bits per heavy atom. The molecule has 0 radical (unpaired) electrons. The summed E-state index contributed by atoms with van der Waals surface area (Å²) in [6.45, 7) is 0. The maximum atomic E-state index is 13.5. The number of hydrogen-bond acceptors (Lipinski definition) is 10. The van der Waals surface area contributed by atoms with Gasteiger partial charge in [0.2, 0.25) is 0 Å². The van der Waals surface area contributed by atoms with E-state index in [9.17, 15) is 55.6 Å². The lowest BCUT2D eigenvalue weighted by atomic mass is 10.1. The van der Waals surface area contributed by atoms with E-state index in [2.05, 4.69) is 10.6 Å². The van der Waals surface area contributed by atoms with Crippen molar-refractivity contribution in [3.05, 3.63) is 75.8 Å². The van der Waals surface area contributed by atoms with Crippen molar-refractivity contribution in [2.24, 2.45) is 0 Å². The third-order valence-electron chi connectivity index (χ3n) is 6.09. The van der Waals surface area contributed by atoms with E-state index in [1.165, 1.54) is 41.0 Å². The van der Waals surface area contributed by atoms with E-state index in [4.69, 9.17) is 10.5 Å². The average Bonchev–Trinajstić information content (AvgIpc) is 3.05. The van der Waals surface area contributed by atoms with E-state index < -0.39 is 63.5 Å². The van der Waals surface area contributed by atoms with Gasteiger partial charge in [-0.3, -0.25) is 29.3 Å². The van der Waals surface area contributed by atoms with Gasteiger partial charge in [0.25, 0.3) is 17.5 Å². The number of thioether (sulfide) groups is 2. The van der Waals surface area contributed by atoms with Crippen LogP contribution in [0.3, 0.4) is 0 Å². The van der Waals surface area contributed by atoms with Gasteiger partial charge in [-0.15, -0.1) is 23.5 Å². The van der Waals surface area contributed by atoms with Crippen LogP contribution in [0.25, 0.3) is 0 Å². The maximum Gasteiger partial charge on any atom is 0.471 e. The first kappa shape index (κ1) is 39.6. The van der Waals surface area contributed by atoms with Gasteiger partial charge in [-0.2, -0.15) is 36.9 Å². The summed E-state index contributed by atoms with van der Waals surface area (Å²) in [5.74, 6) is -6.80. The fraction of sp³-hybridized carbons (Fsp3) is 0.200. The standard InChI is InChI=1S/C30H21F6N7O6S2/c31-29(32,33)27(46)39-17-11-16(12-18(13-17)40-28(47)30(34,35)36)25(44)41-20-14-24(51-10-4-8-38)21(15-23(20)50-9-3-7-37)42-26(45)19-5-1-2-6-22(19)43(48)49/h1-2,5-6,11-15H,3-4,9-10H2,(H,39,46)(H,40,47)(H,41,44)(H,42,45). The second-order valence-corrected chi connectivity index (χ2v) is 12.0. The van der Waals surface area contributed by atoms with Crippen molar-refractivity contribution in [1.29, 1.82) is 10.5 Å². The Kier molecular flexibility index (Phi) is 13.4. The van der Waals surface area contributed by atoms with Crippen molar-refractivity contribution in [3.8, 4) is 12.1 Å². The molecule has 3 aromatic carbocycles. The Morgan fingerprint density at radius 1 is 0.706 bits per heavy atom. The number of benzene rings is 3. The van der Waals surface area contributed by atoms with E-state index in [-0.39, 0.29) is 51.1 Å². The summed E-state index contributed by atoms with van der Waals surface area (Å²) in [5, 5.41) is 37.4. The first-order valence-corrected chi connectivity index (χ1v) is 15.9. The van der Waals surface area contributed by atoms with Crippen LogP contribution < -0.4 is 21.3 Å². The number of anilines is 4. The highest BCUT2D eigenvalue weighted by Gasteiger charge is 2.40. The fourth-order valence-electron chi connectivity index (χ4n) is 3.92. The molecule has 0 atom stereocenters. The van der Waals surface area contributed by atoms with Crippen LogP contribution in [0, 0.1) is 32.8 Å². The number of carbonyl (C=O) groups excluding carboxylic acids is 4. The van der Waals surface area contributed by atoms with Crippen LogP contribution >= 0.6 is 23.5 Å². The zero-order valence-electron chi connectivity index (χ0n) is 25.4. The molecule has 3 rings (SSSR count). The number of nitrogens with one attached hydrogen (secondary N) is 4. The number of halogens is 6. The number of carbonyl (C=O) groups is 4. The van der Waals surface area contributed by atoms with Gasteiger partial charge in [0, 0.05) is 57.1 Å². The Labute approximate surface area is 291 Å². The monoisotopic (exact) mass is 753 g/mol. The smallest absolute Gasteiger partial charge is 0.321 e. The average molecular weight is 754 g/mol. The first-order chi connectivity index (χ1) is 23.9. The number of nitro groups is 1. The molecule has 3 aromatic rings. The van der Waals surface area contributed by atoms with E-state index >= 15 is 0 Å². The van der Waals surface area contributed by atoms with E-state index in [1.54, 1.807) is 0 Å². The quantitative estimate of drug-likeness (QED) is 0.0457. The molecule has 0 heterocycles. The number of alkyl halides is 6. The molecule has 0 bridgehead atoms. The Morgan fingerprint density at radius 3 is 1.59 bits per heavy atom. The minimum atomic E-state index is -5.43. The van der Waals surface area contributed by atoms with Crippen LogP contribution in [0.2, 0.25) is 0 Å². The summed E-state index contributed by atoms with van der Waals surface area (Å²) in [6.07, 6.45) is -10.8. The first-order valence-electron chi connectivity index (χ1n) is 13.9. The van der Waals surface area contributed by atoms with Crippen LogP contribution in [-0.2, 0) is 9.59 Å². The van der Waals surface area contributed by atoms with Crippen molar-refractivity contribution in [2.45, 2.75) is 35.0 Å². The normalized spacial score (nSPS) is 11.1. The van der Waals surface area contributed by atoms with Crippen LogP contribution in [0.5, 0.6) is 0 Å². The molecular weight excluding hydrogens is 732 g/mol. The molecule has 13 nitrogen and oxygen atoms in total. The van der Waals surface area contributed by atoms with Gasteiger partial charge in [-0.1, -0.05) is 12.1 Å². The molecule has 0 unspecified atom stereocenters. The molecule has 0 spiro atoms. The summed E-state index contributed by atoms with van der Waals surface area (Å²) < 4.78 is 77.5. The second-order valence-electron chi connectivity index (χ2n) is 9.74. The van der Waals surface area contributed by atoms with Gasteiger partial charge in [0.15, 0.2) is 0 Å². The number of amides is 4. The molecule has 0 aliphatic rings. The zero-order chi connectivity index (χ0) is 37.9. The molecule has 0 aromatic heterocycles. The molecule has 0 aliphatic carbocycles. The molecule has 4 amide bonds. The van der Waals surface area contributed by atoms with Crippen LogP contribution in [-0.4, -0.2) is 52.4 Å². The third-order valence-corrected chi connectivity index (χ3v) is 8.21. The highest BCUT2D eigenvalue weighted by molar-refractivity contribution is 8.00. The van der Waals surface area contributed by atoms with Gasteiger partial charge in [-0.25, -0.2) is 0 Å². The van der Waals surface area contributed by atoms with E-state index in [0.717, 1.165) is 29.6 Å². The summed E-state index contributed by atoms with van der Waals surface area (Å²) in [5.41, 5.74) is -2.96. The lowest BCUT2D eigenvalue weighted by Gasteiger charge is -2.18. The summed E-state index contributed by atoms with van der Waals surface area (Å²) >= 11 is 2.02.